The summed E-state index contributed by atoms with van der Waals surface area (Å²) < 4.78 is 7.63. The summed E-state index contributed by atoms with van der Waals surface area (Å²) in [6.07, 6.45) is 3.81. The number of nitrogens with zero attached hydrogens (tertiary/aromatic N) is 4. The number of carbonyl (C=O) groups excluding carboxylic acids is 1. The lowest BCUT2D eigenvalue weighted by Gasteiger charge is -2.29. The first-order chi connectivity index (χ1) is 15.9. The topological polar surface area (TPSA) is 86.3 Å². The average molecular weight is 450 g/mol. The molecule has 1 aliphatic heterocycles. The average Bonchev–Trinajstić information content (AvgIpc) is 3.16. The molecule has 1 aliphatic rings. The lowest BCUT2D eigenvalue weighted by Crippen LogP contribution is -2.37. The number of amides is 1. The van der Waals surface area contributed by atoms with Crippen molar-refractivity contribution in [3.63, 3.8) is 0 Å². The van der Waals surface area contributed by atoms with Gasteiger partial charge in [0.1, 0.15) is 17.1 Å². The van der Waals surface area contributed by atoms with Crippen LogP contribution in [-0.2, 0) is 37.1 Å². The van der Waals surface area contributed by atoms with Gasteiger partial charge in [0, 0.05) is 44.5 Å². The molecule has 3 aromatic rings. The molecular weight excluding hydrogens is 414 g/mol. The SMILES string of the molecule is CCCc1nc2c(N)nc3c(c2n1CC(C)C)CN(C(=O)CCc1cccc(OC)c1)CC3. The molecule has 0 aliphatic carbocycles. The molecule has 0 spiro atoms. The predicted molar refractivity (Wildman–Crippen MR) is 131 cm³/mol. The van der Waals surface area contributed by atoms with E-state index < -0.39 is 0 Å². The number of aromatic nitrogens is 3. The Bertz CT molecular complexity index is 1150. The van der Waals surface area contributed by atoms with Gasteiger partial charge >= 0.3 is 0 Å². The van der Waals surface area contributed by atoms with E-state index in [1.54, 1.807) is 7.11 Å². The fourth-order valence-corrected chi connectivity index (χ4v) is 4.70. The number of imidazole rings is 1. The Hall–Kier alpha value is -3.09. The highest BCUT2D eigenvalue weighted by atomic mass is 16.5. The van der Waals surface area contributed by atoms with E-state index in [1.807, 2.05) is 29.2 Å². The highest BCUT2D eigenvalue weighted by Gasteiger charge is 2.27. The van der Waals surface area contributed by atoms with E-state index in [0.717, 1.165) is 65.2 Å². The number of carbonyl (C=O) groups is 1. The number of anilines is 1. The Morgan fingerprint density at radius 3 is 2.79 bits per heavy atom. The smallest absolute Gasteiger partial charge is 0.223 e. The first-order valence-corrected chi connectivity index (χ1v) is 12.0. The van der Waals surface area contributed by atoms with Crippen molar-refractivity contribution < 1.29 is 9.53 Å². The minimum absolute atomic E-state index is 0.164. The summed E-state index contributed by atoms with van der Waals surface area (Å²) in [7, 11) is 1.66. The second-order valence-electron chi connectivity index (χ2n) is 9.32. The summed E-state index contributed by atoms with van der Waals surface area (Å²) in [6, 6.07) is 7.92. The molecule has 0 radical (unpaired) electrons. The molecular formula is C26H35N5O2. The van der Waals surface area contributed by atoms with Gasteiger partial charge in [-0.3, -0.25) is 4.79 Å². The molecule has 2 aromatic heterocycles. The van der Waals surface area contributed by atoms with Crippen LogP contribution in [0.5, 0.6) is 5.75 Å². The van der Waals surface area contributed by atoms with E-state index in [1.165, 1.54) is 0 Å². The van der Waals surface area contributed by atoms with Crippen molar-refractivity contribution in [2.45, 2.75) is 66.0 Å². The normalized spacial score (nSPS) is 13.5. The number of nitrogens with two attached hydrogens (primary N) is 1. The van der Waals surface area contributed by atoms with Crippen LogP contribution in [0.15, 0.2) is 24.3 Å². The Labute approximate surface area is 196 Å². The molecule has 33 heavy (non-hydrogen) atoms. The van der Waals surface area contributed by atoms with Crippen molar-refractivity contribution in [1.29, 1.82) is 0 Å². The maximum atomic E-state index is 13.1. The van der Waals surface area contributed by atoms with Crippen LogP contribution in [0.3, 0.4) is 0 Å². The number of pyridine rings is 1. The fraction of sp³-hybridized carbons (Fsp3) is 0.500. The number of hydrogen-bond acceptors (Lipinski definition) is 5. The molecule has 0 saturated heterocycles. The third kappa shape index (κ3) is 4.82. The number of benzene rings is 1. The maximum Gasteiger partial charge on any atom is 0.223 e. The van der Waals surface area contributed by atoms with Crippen LogP contribution in [0.1, 0.15) is 56.3 Å². The lowest BCUT2D eigenvalue weighted by molar-refractivity contribution is -0.132. The number of methoxy groups -OCH3 is 1. The second-order valence-corrected chi connectivity index (χ2v) is 9.32. The molecule has 7 heteroatoms. The molecule has 2 N–H and O–H groups in total. The summed E-state index contributed by atoms with van der Waals surface area (Å²) in [4.78, 5) is 24.7. The lowest BCUT2D eigenvalue weighted by atomic mass is 10.0. The number of hydrogen-bond donors (Lipinski definition) is 1. The first kappa shape index (κ1) is 23.1. The zero-order valence-corrected chi connectivity index (χ0v) is 20.2. The number of ether oxygens (including phenoxy) is 1. The van der Waals surface area contributed by atoms with Gasteiger partial charge in [0.15, 0.2) is 5.82 Å². The van der Waals surface area contributed by atoms with Gasteiger partial charge in [0.25, 0.3) is 0 Å². The van der Waals surface area contributed by atoms with Gasteiger partial charge in [-0.1, -0.05) is 32.9 Å². The monoisotopic (exact) mass is 449 g/mol. The van der Waals surface area contributed by atoms with Crippen molar-refractivity contribution in [3.05, 3.63) is 46.9 Å². The molecule has 0 bridgehead atoms. The van der Waals surface area contributed by atoms with Crippen LogP contribution in [0.25, 0.3) is 11.0 Å². The van der Waals surface area contributed by atoms with Crippen molar-refractivity contribution in [3.8, 4) is 5.75 Å². The third-order valence-electron chi connectivity index (χ3n) is 6.28. The molecule has 1 amide bonds. The maximum absolute atomic E-state index is 13.1. The number of aryl methyl sites for hydroxylation is 2. The summed E-state index contributed by atoms with van der Waals surface area (Å²) in [5, 5.41) is 0. The molecule has 0 atom stereocenters. The number of nitrogen functional groups attached to an aromatic ring is 1. The van der Waals surface area contributed by atoms with E-state index in [2.05, 4.69) is 25.3 Å². The van der Waals surface area contributed by atoms with Crippen LogP contribution in [0.4, 0.5) is 5.82 Å². The largest absolute Gasteiger partial charge is 0.497 e. The summed E-state index contributed by atoms with van der Waals surface area (Å²) >= 11 is 0. The van der Waals surface area contributed by atoms with Gasteiger partial charge in [0.2, 0.25) is 5.91 Å². The van der Waals surface area contributed by atoms with Gasteiger partial charge in [-0.2, -0.15) is 0 Å². The summed E-state index contributed by atoms with van der Waals surface area (Å²) in [5.74, 6) is 3.02. The van der Waals surface area contributed by atoms with E-state index in [4.69, 9.17) is 20.4 Å². The Morgan fingerprint density at radius 1 is 1.24 bits per heavy atom. The van der Waals surface area contributed by atoms with Crippen molar-refractivity contribution in [1.82, 2.24) is 19.4 Å². The standard InChI is InChI=1S/C26H35N5O2/c1-5-7-22-29-24-25(31(22)15-17(2)3)20-16-30(13-12-21(20)28-26(24)27)23(32)11-10-18-8-6-9-19(14-18)33-4/h6,8-9,14,17H,5,7,10-13,15-16H2,1-4H3,(H2,27,28). The van der Waals surface area contributed by atoms with Crippen molar-refractivity contribution >= 4 is 22.8 Å². The summed E-state index contributed by atoms with van der Waals surface area (Å²) in [5.41, 5.74) is 11.4. The van der Waals surface area contributed by atoms with Gasteiger partial charge in [-0.25, -0.2) is 9.97 Å². The third-order valence-corrected chi connectivity index (χ3v) is 6.28. The van der Waals surface area contributed by atoms with Crippen LogP contribution >= 0.6 is 0 Å². The van der Waals surface area contributed by atoms with Crippen molar-refractivity contribution in [2.75, 3.05) is 19.4 Å². The van der Waals surface area contributed by atoms with Gasteiger partial charge < -0.3 is 19.9 Å². The molecule has 0 unspecified atom stereocenters. The Kier molecular flexibility index (Phi) is 6.86. The van der Waals surface area contributed by atoms with Crippen molar-refractivity contribution in [2.24, 2.45) is 5.92 Å². The fourth-order valence-electron chi connectivity index (χ4n) is 4.70. The molecule has 4 rings (SSSR count). The van der Waals surface area contributed by atoms with E-state index in [9.17, 15) is 4.79 Å². The van der Waals surface area contributed by atoms with Crippen LogP contribution in [-0.4, -0.2) is 39.0 Å². The Balaban J connectivity index is 1.61. The van der Waals surface area contributed by atoms with E-state index >= 15 is 0 Å². The number of fused-ring (bicyclic) bond motifs is 3. The van der Waals surface area contributed by atoms with Crippen LogP contribution < -0.4 is 10.5 Å². The van der Waals surface area contributed by atoms with Gasteiger partial charge in [-0.15, -0.1) is 0 Å². The van der Waals surface area contributed by atoms with Crippen LogP contribution in [0, 0.1) is 5.92 Å². The highest BCUT2D eigenvalue weighted by Crippen LogP contribution is 2.32. The molecule has 1 aromatic carbocycles. The van der Waals surface area contributed by atoms with E-state index in [-0.39, 0.29) is 5.91 Å². The molecule has 0 saturated carbocycles. The Morgan fingerprint density at radius 2 is 2.06 bits per heavy atom. The van der Waals surface area contributed by atoms with Gasteiger partial charge in [0.05, 0.1) is 18.3 Å². The van der Waals surface area contributed by atoms with E-state index in [0.29, 0.717) is 37.7 Å². The number of rotatable bonds is 8. The first-order valence-electron chi connectivity index (χ1n) is 12.0. The van der Waals surface area contributed by atoms with Gasteiger partial charge in [-0.05, 0) is 36.5 Å². The molecule has 3 heterocycles. The minimum atomic E-state index is 0.164. The highest BCUT2D eigenvalue weighted by molar-refractivity contribution is 5.89. The second kappa shape index (κ2) is 9.81. The van der Waals surface area contributed by atoms with Crippen LogP contribution in [0.2, 0.25) is 0 Å². The predicted octanol–water partition coefficient (Wildman–Crippen LogP) is 4.15. The molecule has 176 valence electrons. The minimum Gasteiger partial charge on any atom is -0.497 e. The zero-order chi connectivity index (χ0) is 23.5. The molecule has 7 nitrogen and oxygen atoms in total. The molecule has 0 fully saturated rings. The summed E-state index contributed by atoms with van der Waals surface area (Å²) in [6.45, 7) is 8.71. The zero-order valence-electron chi connectivity index (χ0n) is 20.2. The quantitative estimate of drug-likeness (QED) is 0.558.